The number of esters is 2. The minimum absolute atomic E-state index is 0.247. The maximum atomic E-state index is 11.8. The molecule has 6 nitrogen and oxygen atoms in total. The third kappa shape index (κ3) is 8.39. The van der Waals surface area contributed by atoms with Gasteiger partial charge in [-0.3, -0.25) is 19.8 Å². The van der Waals surface area contributed by atoms with Crippen molar-refractivity contribution in [2.24, 2.45) is 0 Å². The van der Waals surface area contributed by atoms with Gasteiger partial charge in [0.15, 0.2) is 11.9 Å². The molecule has 0 aliphatic carbocycles. The van der Waals surface area contributed by atoms with Crippen LogP contribution in [0.1, 0.15) is 52.9 Å². The molecule has 0 spiro atoms. The van der Waals surface area contributed by atoms with Crippen LogP contribution in [-0.4, -0.2) is 36.1 Å². The molecule has 1 atom stereocenters. The van der Waals surface area contributed by atoms with Crippen molar-refractivity contribution in [3.63, 3.8) is 0 Å². The van der Waals surface area contributed by atoms with Gasteiger partial charge in [-0.25, -0.2) is 0 Å². The van der Waals surface area contributed by atoms with Gasteiger partial charge in [0.2, 0.25) is 0 Å². The molecular formula is C14H23NO5. The summed E-state index contributed by atoms with van der Waals surface area (Å²) >= 11 is 0. The average molecular weight is 285 g/mol. The van der Waals surface area contributed by atoms with E-state index in [1.54, 1.807) is 0 Å². The molecule has 0 aromatic rings. The summed E-state index contributed by atoms with van der Waals surface area (Å²) in [5.41, 5.74) is -0.321. The number of ether oxygens (including phenoxy) is 2. The van der Waals surface area contributed by atoms with E-state index in [1.807, 2.05) is 0 Å². The summed E-state index contributed by atoms with van der Waals surface area (Å²) in [7, 11) is 0. The first-order valence-corrected chi connectivity index (χ1v) is 6.80. The summed E-state index contributed by atoms with van der Waals surface area (Å²) in [6.45, 7) is 4.16. The number of nitrogens with one attached hydrogen (secondary N) is 1. The topological polar surface area (TPSA) is 93.5 Å². The first-order valence-electron chi connectivity index (χ1n) is 6.80. The number of hydrogen-bond donors (Lipinski definition) is 1. The molecule has 0 saturated heterocycles. The third-order valence-corrected chi connectivity index (χ3v) is 2.63. The van der Waals surface area contributed by atoms with Crippen LogP contribution in [-0.2, 0) is 23.9 Å². The fourth-order valence-corrected chi connectivity index (χ4v) is 1.60. The molecule has 114 valence electrons. The zero-order valence-corrected chi connectivity index (χ0v) is 12.4. The Labute approximate surface area is 119 Å². The molecule has 0 rings (SSSR count). The Morgan fingerprint density at radius 2 is 1.70 bits per heavy atom. The van der Waals surface area contributed by atoms with Crippen LogP contribution in [0.25, 0.3) is 0 Å². The second-order valence-corrected chi connectivity index (χ2v) is 4.55. The minimum Gasteiger partial charge on any atom is -0.461 e. The Morgan fingerprint density at radius 1 is 1.05 bits per heavy atom. The molecule has 0 aromatic heterocycles. The van der Waals surface area contributed by atoms with Gasteiger partial charge in [0.25, 0.3) is 0 Å². The van der Waals surface area contributed by atoms with Crippen molar-refractivity contribution in [2.45, 2.75) is 59.0 Å². The average Bonchev–Trinajstić information content (AvgIpc) is 2.37. The molecule has 0 radical (unpaired) electrons. The predicted octanol–water partition coefficient (Wildman–Crippen LogP) is 2.04. The smallest absolute Gasteiger partial charge is 0.303 e. The zero-order valence-electron chi connectivity index (χ0n) is 12.4. The largest absolute Gasteiger partial charge is 0.461 e. The lowest BCUT2D eigenvalue weighted by Gasteiger charge is -2.16. The van der Waals surface area contributed by atoms with Crippen molar-refractivity contribution in [1.82, 2.24) is 0 Å². The third-order valence-electron chi connectivity index (χ3n) is 2.63. The van der Waals surface area contributed by atoms with E-state index in [0.29, 0.717) is 6.42 Å². The van der Waals surface area contributed by atoms with E-state index in [2.05, 4.69) is 6.92 Å². The Hall–Kier alpha value is -1.72. The zero-order chi connectivity index (χ0) is 15.5. The van der Waals surface area contributed by atoms with Gasteiger partial charge in [-0.05, 0) is 6.42 Å². The van der Waals surface area contributed by atoms with Gasteiger partial charge in [0.1, 0.15) is 12.3 Å². The van der Waals surface area contributed by atoms with Gasteiger partial charge in [-0.15, -0.1) is 0 Å². The number of carbonyl (C=O) groups excluding carboxylic acids is 3. The van der Waals surface area contributed by atoms with Crippen LogP contribution in [0.15, 0.2) is 0 Å². The molecule has 0 fully saturated rings. The molecule has 0 aliphatic rings. The monoisotopic (exact) mass is 285 g/mol. The molecule has 1 unspecified atom stereocenters. The lowest BCUT2D eigenvalue weighted by molar-refractivity contribution is -0.152. The summed E-state index contributed by atoms with van der Waals surface area (Å²) in [6.07, 6.45) is 2.87. The molecule has 0 bridgehead atoms. The summed E-state index contributed by atoms with van der Waals surface area (Å²) in [5.74, 6) is -1.55. The molecule has 1 N–H and O–H groups in total. The molecule has 0 amide bonds. The van der Waals surface area contributed by atoms with Crippen molar-refractivity contribution in [3.05, 3.63) is 0 Å². The van der Waals surface area contributed by atoms with Gasteiger partial charge in [0.05, 0.1) is 0 Å². The highest BCUT2D eigenvalue weighted by atomic mass is 16.6. The Morgan fingerprint density at radius 3 is 2.20 bits per heavy atom. The van der Waals surface area contributed by atoms with Crippen LogP contribution in [0.4, 0.5) is 0 Å². The van der Waals surface area contributed by atoms with Gasteiger partial charge < -0.3 is 9.47 Å². The summed E-state index contributed by atoms with van der Waals surface area (Å²) in [6, 6.07) is 0. The van der Waals surface area contributed by atoms with E-state index in [4.69, 9.17) is 14.9 Å². The molecule has 0 aromatic carbocycles. The number of unbranched alkanes of at least 4 members (excludes halogenated alkanes) is 3. The van der Waals surface area contributed by atoms with E-state index in [9.17, 15) is 14.4 Å². The molecular weight excluding hydrogens is 262 g/mol. The van der Waals surface area contributed by atoms with Crippen LogP contribution >= 0.6 is 0 Å². The second kappa shape index (κ2) is 10.1. The fourth-order valence-electron chi connectivity index (χ4n) is 1.60. The molecule has 0 heterocycles. The number of carbonyl (C=O) groups is 3. The Bertz CT molecular complexity index is 365. The van der Waals surface area contributed by atoms with Crippen LogP contribution < -0.4 is 0 Å². The lowest BCUT2D eigenvalue weighted by atomic mass is 10.0. The number of rotatable bonds is 10. The van der Waals surface area contributed by atoms with Gasteiger partial charge >= 0.3 is 11.9 Å². The Balaban J connectivity index is 4.39. The van der Waals surface area contributed by atoms with E-state index in [-0.39, 0.29) is 24.5 Å². The van der Waals surface area contributed by atoms with E-state index in [1.165, 1.54) is 13.8 Å². The first kappa shape index (κ1) is 18.3. The summed E-state index contributed by atoms with van der Waals surface area (Å²) in [5, 5.41) is 7.75. The van der Waals surface area contributed by atoms with Gasteiger partial charge in [-0.1, -0.05) is 26.2 Å². The van der Waals surface area contributed by atoms with Crippen molar-refractivity contribution in [3.8, 4) is 0 Å². The predicted molar refractivity (Wildman–Crippen MR) is 73.7 cm³/mol. The van der Waals surface area contributed by atoms with Crippen molar-refractivity contribution in [1.29, 1.82) is 5.41 Å². The highest BCUT2D eigenvalue weighted by molar-refractivity contribution is 6.40. The first-order chi connectivity index (χ1) is 9.38. The summed E-state index contributed by atoms with van der Waals surface area (Å²) in [4.78, 5) is 33.5. The Kier molecular flexibility index (Phi) is 9.24. The SMILES string of the molecule is CCCCCCC(=O)C(=N)C(COC(C)=O)OC(C)=O. The second-order valence-electron chi connectivity index (χ2n) is 4.55. The van der Waals surface area contributed by atoms with Crippen molar-refractivity contribution >= 4 is 23.4 Å². The number of hydrogen-bond acceptors (Lipinski definition) is 6. The molecule has 0 saturated carbocycles. The fraction of sp³-hybridized carbons (Fsp3) is 0.714. The number of Topliss-reactive ketones (excluding diaryl/α,β-unsaturated/α-hetero) is 1. The van der Waals surface area contributed by atoms with Gasteiger partial charge in [-0.2, -0.15) is 0 Å². The van der Waals surface area contributed by atoms with Crippen molar-refractivity contribution in [2.75, 3.05) is 6.61 Å². The lowest BCUT2D eigenvalue weighted by Crippen LogP contribution is -2.36. The van der Waals surface area contributed by atoms with Crippen LogP contribution in [0, 0.1) is 5.41 Å². The molecule has 20 heavy (non-hydrogen) atoms. The highest BCUT2D eigenvalue weighted by Gasteiger charge is 2.24. The van der Waals surface area contributed by atoms with E-state index >= 15 is 0 Å². The standard InChI is InChI=1S/C14H23NO5/c1-4-5-6-7-8-12(18)14(15)13(20-11(3)17)9-19-10(2)16/h13,15H,4-9H2,1-3H3. The molecule has 0 aliphatic heterocycles. The van der Waals surface area contributed by atoms with Crippen molar-refractivity contribution < 1.29 is 23.9 Å². The maximum Gasteiger partial charge on any atom is 0.303 e. The minimum atomic E-state index is -1.12. The normalized spacial score (nSPS) is 11.6. The van der Waals surface area contributed by atoms with E-state index < -0.39 is 18.0 Å². The van der Waals surface area contributed by atoms with Crippen LogP contribution in [0.5, 0.6) is 0 Å². The quantitative estimate of drug-likeness (QED) is 0.376. The maximum absolute atomic E-state index is 11.8. The summed E-state index contributed by atoms with van der Waals surface area (Å²) < 4.78 is 9.56. The highest BCUT2D eigenvalue weighted by Crippen LogP contribution is 2.06. The van der Waals surface area contributed by atoms with Crippen LogP contribution in [0.3, 0.4) is 0 Å². The molecule has 6 heteroatoms. The van der Waals surface area contributed by atoms with Crippen LogP contribution in [0.2, 0.25) is 0 Å². The number of ketones is 1. The van der Waals surface area contributed by atoms with Gasteiger partial charge in [0, 0.05) is 20.3 Å². The van der Waals surface area contributed by atoms with E-state index in [0.717, 1.165) is 19.3 Å².